The monoisotopic (exact) mass is 533 g/mol. The third kappa shape index (κ3) is 6.90. The number of carboxylic acids is 2. The van der Waals surface area contributed by atoms with Crippen LogP contribution in [0.15, 0.2) is 42.5 Å². The number of hydrogen-bond acceptors (Lipinski definition) is 5. The number of alkyl halides is 3. The summed E-state index contributed by atoms with van der Waals surface area (Å²) < 4.78 is 44.4. The number of carboxylic acid groups (broad SMARTS) is 2. The van der Waals surface area contributed by atoms with E-state index in [1.54, 1.807) is 0 Å². The highest BCUT2D eigenvalue weighted by molar-refractivity contribution is 5.91. The number of aromatic nitrogens is 2. The predicted octanol–water partition coefficient (Wildman–Crippen LogP) is 5.22. The summed E-state index contributed by atoms with van der Waals surface area (Å²) >= 11 is 0. The number of halogens is 3. The number of amides is 1. The fraction of sp³-hybridized carbons (Fsp3) is 0.308. The lowest BCUT2D eigenvalue weighted by molar-refractivity contribution is -0.138. The number of nitrogens with zero attached hydrogens (tertiary/aromatic N) is 1. The molecule has 0 radical (unpaired) electrons. The molecule has 3 aromatic rings. The maximum absolute atomic E-state index is 12.9. The number of nitrogens with one attached hydrogen (secondary N) is 2. The van der Waals surface area contributed by atoms with Gasteiger partial charge in [-0.05, 0) is 36.2 Å². The molecule has 202 valence electrons. The Morgan fingerprint density at radius 2 is 1.79 bits per heavy atom. The van der Waals surface area contributed by atoms with Gasteiger partial charge >= 0.3 is 18.1 Å². The zero-order valence-electron chi connectivity index (χ0n) is 20.6. The van der Waals surface area contributed by atoms with Crippen LogP contribution in [0.2, 0.25) is 0 Å². The molecular formula is C26H26F3N3O6. The molecular weight excluding hydrogens is 507 g/mol. The molecule has 0 spiro atoms. The molecule has 1 aromatic heterocycles. The van der Waals surface area contributed by atoms with Gasteiger partial charge in [0.25, 0.3) is 0 Å². The van der Waals surface area contributed by atoms with Gasteiger partial charge in [-0.25, -0.2) is 9.78 Å². The first kappa shape index (κ1) is 28.2. The summed E-state index contributed by atoms with van der Waals surface area (Å²) in [6.45, 7) is 2.97. The van der Waals surface area contributed by atoms with Crippen LogP contribution in [-0.2, 0) is 28.8 Å². The largest absolute Gasteiger partial charge is 0.489 e. The van der Waals surface area contributed by atoms with Gasteiger partial charge < -0.3 is 25.3 Å². The number of carbonyl (C=O) groups excluding carboxylic acids is 1. The Kier molecular flexibility index (Phi) is 8.76. The van der Waals surface area contributed by atoms with Crippen molar-refractivity contribution in [2.75, 3.05) is 5.32 Å². The molecule has 4 N–H and O–H groups in total. The summed E-state index contributed by atoms with van der Waals surface area (Å²) in [6.07, 6.45) is -2.40. The first-order valence-electron chi connectivity index (χ1n) is 11.7. The average molecular weight is 534 g/mol. The Balaban J connectivity index is 1.84. The van der Waals surface area contributed by atoms with E-state index >= 15 is 0 Å². The van der Waals surface area contributed by atoms with E-state index in [-0.39, 0.29) is 29.4 Å². The Labute approximate surface area is 215 Å². The van der Waals surface area contributed by atoms with E-state index in [1.165, 1.54) is 31.2 Å². The second kappa shape index (κ2) is 11.8. The SMILES string of the molecule is CCCCc1nc(NC(C)=O)c(C(C(=O)O)c2ccc(OCc3ccc(C(F)(F)F)cc3C(=O)O)cc2)[nH]1. The van der Waals surface area contributed by atoms with Crippen molar-refractivity contribution in [2.45, 2.75) is 51.8 Å². The van der Waals surface area contributed by atoms with Gasteiger partial charge in [0.15, 0.2) is 5.82 Å². The average Bonchev–Trinajstić information content (AvgIpc) is 3.22. The van der Waals surface area contributed by atoms with Crippen LogP contribution in [0, 0.1) is 0 Å². The highest BCUT2D eigenvalue weighted by Gasteiger charge is 2.32. The maximum Gasteiger partial charge on any atom is 0.416 e. The van der Waals surface area contributed by atoms with Crippen LogP contribution in [0.1, 0.15) is 71.2 Å². The van der Waals surface area contributed by atoms with Gasteiger partial charge in [-0.1, -0.05) is 31.5 Å². The van der Waals surface area contributed by atoms with Crippen molar-refractivity contribution in [3.8, 4) is 5.75 Å². The number of aliphatic carboxylic acids is 1. The first-order chi connectivity index (χ1) is 17.9. The molecule has 1 heterocycles. The smallest absolute Gasteiger partial charge is 0.416 e. The molecule has 38 heavy (non-hydrogen) atoms. The second-order valence-corrected chi connectivity index (χ2v) is 8.53. The molecule has 0 saturated carbocycles. The molecule has 9 nitrogen and oxygen atoms in total. The molecule has 1 amide bonds. The lowest BCUT2D eigenvalue weighted by Crippen LogP contribution is -2.17. The zero-order chi connectivity index (χ0) is 28.0. The second-order valence-electron chi connectivity index (χ2n) is 8.53. The van der Waals surface area contributed by atoms with Crippen molar-refractivity contribution < 1.29 is 42.5 Å². The molecule has 0 aliphatic rings. The van der Waals surface area contributed by atoms with Crippen molar-refractivity contribution in [1.82, 2.24) is 9.97 Å². The number of aromatic amines is 1. The fourth-order valence-electron chi connectivity index (χ4n) is 3.80. The highest BCUT2D eigenvalue weighted by atomic mass is 19.4. The maximum atomic E-state index is 12.9. The van der Waals surface area contributed by atoms with Crippen LogP contribution in [-0.4, -0.2) is 38.0 Å². The number of rotatable bonds is 11. The summed E-state index contributed by atoms with van der Waals surface area (Å²) in [5.74, 6) is -3.40. The number of aromatic carboxylic acids is 1. The summed E-state index contributed by atoms with van der Waals surface area (Å²) in [6, 6.07) is 8.26. The number of unbranched alkanes of at least 4 members (excludes halogenated alkanes) is 1. The van der Waals surface area contributed by atoms with Crippen LogP contribution in [0.4, 0.5) is 19.0 Å². The van der Waals surface area contributed by atoms with Crippen molar-refractivity contribution in [2.24, 2.45) is 0 Å². The van der Waals surface area contributed by atoms with Crippen LogP contribution in [0.25, 0.3) is 0 Å². The molecule has 0 fully saturated rings. The fourth-order valence-corrected chi connectivity index (χ4v) is 3.80. The third-order valence-electron chi connectivity index (χ3n) is 5.65. The Morgan fingerprint density at radius 1 is 1.11 bits per heavy atom. The van der Waals surface area contributed by atoms with E-state index in [1.807, 2.05) is 6.92 Å². The molecule has 0 saturated heterocycles. The van der Waals surface area contributed by atoms with E-state index in [0.717, 1.165) is 25.0 Å². The minimum absolute atomic E-state index is 0.0370. The minimum atomic E-state index is -4.69. The van der Waals surface area contributed by atoms with Crippen molar-refractivity contribution >= 4 is 23.7 Å². The van der Waals surface area contributed by atoms with E-state index < -0.39 is 41.1 Å². The lowest BCUT2D eigenvalue weighted by Gasteiger charge is -2.15. The Morgan fingerprint density at radius 3 is 2.34 bits per heavy atom. The van der Waals surface area contributed by atoms with E-state index in [0.29, 0.717) is 23.9 Å². The number of H-pyrrole nitrogens is 1. The van der Waals surface area contributed by atoms with E-state index in [2.05, 4.69) is 15.3 Å². The van der Waals surface area contributed by atoms with E-state index in [4.69, 9.17) is 4.74 Å². The van der Waals surface area contributed by atoms with Crippen molar-refractivity contribution in [3.63, 3.8) is 0 Å². The Bertz CT molecular complexity index is 1320. The van der Waals surface area contributed by atoms with Crippen molar-refractivity contribution in [3.05, 3.63) is 76.2 Å². The van der Waals surface area contributed by atoms with E-state index in [9.17, 15) is 37.8 Å². The number of imidazole rings is 1. The molecule has 0 aliphatic heterocycles. The van der Waals surface area contributed by atoms with Crippen LogP contribution < -0.4 is 10.1 Å². The quantitative estimate of drug-likeness (QED) is 0.265. The standard InChI is InChI=1S/C26H26F3N3O6/c1-3-4-5-20-31-22(23(32-20)30-14(2)33)21(25(36)37)15-7-10-18(11-8-15)38-13-16-6-9-17(26(27,28)29)12-19(16)24(34)35/h6-12,21H,3-5,13H2,1-2H3,(H,30,33)(H,31,32)(H,34,35)(H,36,37). The zero-order valence-corrected chi connectivity index (χ0v) is 20.6. The van der Waals surface area contributed by atoms with Crippen LogP contribution >= 0.6 is 0 Å². The normalized spacial score (nSPS) is 12.1. The van der Waals surface area contributed by atoms with Crippen LogP contribution in [0.5, 0.6) is 5.75 Å². The van der Waals surface area contributed by atoms with Gasteiger partial charge in [-0.3, -0.25) is 9.59 Å². The number of aryl methyl sites for hydroxylation is 1. The number of ether oxygens (including phenoxy) is 1. The summed E-state index contributed by atoms with van der Waals surface area (Å²) in [7, 11) is 0. The molecule has 1 atom stereocenters. The molecule has 12 heteroatoms. The lowest BCUT2D eigenvalue weighted by atomic mass is 9.95. The number of benzene rings is 2. The van der Waals surface area contributed by atoms with Gasteiger partial charge in [-0.15, -0.1) is 0 Å². The minimum Gasteiger partial charge on any atom is -0.489 e. The first-order valence-corrected chi connectivity index (χ1v) is 11.7. The Hall–Kier alpha value is -4.35. The highest BCUT2D eigenvalue weighted by Crippen LogP contribution is 2.32. The van der Waals surface area contributed by atoms with Gasteiger partial charge in [-0.2, -0.15) is 13.2 Å². The molecule has 1 unspecified atom stereocenters. The molecule has 2 aromatic carbocycles. The predicted molar refractivity (Wildman–Crippen MR) is 130 cm³/mol. The number of carbonyl (C=O) groups is 3. The summed E-state index contributed by atoms with van der Waals surface area (Å²) in [5, 5.41) is 21.9. The van der Waals surface area contributed by atoms with Gasteiger partial charge in [0.1, 0.15) is 24.1 Å². The third-order valence-corrected chi connectivity index (χ3v) is 5.65. The van der Waals surface area contributed by atoms with Gasteiger partial charge in [0.05, 0.1) is 16.8 Å². The van der Waals surface area contributed by atoms with Crippen LogP contribution in [0.3, 0.4) is 0 Å². The molecule has 0 aliphatic carbocycles. The van der Waals surface area contributed by atoms with Gasteiger partial charge in [0.2, 0.25) is 5.91 Å². The summed E-state index contributed by atoms with van der Waals surface area (Å²) in [4.78, 5) is 42.7. The van der Waals surface area contributed by atoms with Crippen molar-refractivity contribution in [1.29, 1.82) is 0 Å². The number of hydrogen-bond donors (Lipinski definition) is 4. The summed E-state index contributed by atoms with van der Waals surface area (Å²) in [5.41, 5.74) is -1.02. The topological polar surface area (TPSA) is 142 Å². The van der Waals surface area contributed by atoms with Gasteiger partial charge in [0, 0.05) is 18.9 Å². The number of anilines is 1. The molecule has 0 bridgehead atoms. The molecule has 3 rings (SSSR count).